The summed E-state index contributed by atoms with van der Waals surface area (Å²) < 4.78 is 13.8. The SMILES string of the molecule is Cc1ccc(F)c(C(=O)N(C)C2CCCCCC2)c1. The Morgan fingerprint density at radius 3 is 2.47 bits per heavy atom. The Kier molecular flexibility index (Phi) is 4.56. The average Bonchev–Trinajstić information content (AvgIpc) is 2.69. The first-order chi connectivity index (χ1) is 9.09. The second-order valence-corrected chi connectivity index (χ2v) is 5.54. The molecule has 0 spiro atoms. The summed E-state index contributed by atoms with van der Waals surface area (Å²) in [6, 6.07) is 4.97. The van der Waals surface area contributed by atoms with Crippen molar-refractivity contribution in [1.29, 1.82) is 0 Å². The fourth-order valence-corrected chi connectivity index (χ4v) is 2.80. The van der Waals surface area contributed by atoms with Crippen molar-refractivity contribution in [3.05, 3.63) is 35.1 Å². The van der Waals surface area contributed by atoms with Crippen LogP contribution in [0.25, 0.3) is 0 Å². The van der Waals surface area contributed by atoms with E-state index in [4.69, 9.17) is 0 Å². The largest absolute Gasteiger partial charge is 0.339 e. The molecular formula is C16H22FNO. The normalized spacial score (nSPS) is 17.0. The third-order valence-electron chi connectivity index (χ3n) is 4.05. The summed E-state index contributed by atoms with van der Waals surface area (Å²) in [6.45, 7) is 1.88. The minimum absolute atomic E-state index is 0.187. The molecule has 0 saturated heterocycles. The Hall–Kier alpha value is -1.38. The van der Waals surface area contributed by atoms with Crippen molar-refractivity contribution in [2.24, 2.45) is 0 Å². The van der Waals surface area contributed by atoms with Crippen molar-refractivity contribution < 1.29 is 9.18 Å². The summed E-state index contributed by atoms with van der Waals surface area (Å²) in [5.41, 5.74) is 1.12. The van der Waals surface area contributed by atoms with Gasteiger partial charge in [0.05, 0.1) is 5.56 Å². The third kappa shape index (κ3) is 3.34. The Morgan fingerprint density at radius 2 is 1.84 bits per heavy atom. The zero-order valence-corrected chi connectivity index (χ0v) is 11.8. The van der Waals surface area contributed by atoms with E-state index < -0.39 is 5.82 Å². The molecule has 0 heterocycles. The maximum absolute atomic E-state index is 13.8. The second kappa shape index (κ2) is 6.18. The molecule has 104 valence electrons. The molecule has 0 radical (unpaired) electrons. The molecule has 1 aliphatic rings. The summed E-state index contributed by atoms with van der Waals surface area (Å²) >= 11 is 0. The highest BCUT2D eigenvalue weighted by atomic mass is 19.1. The quantitative estimate of drug-likeness (QED) is 0.740. The molecule has 1 aromatic rings. The van der Waals surface area contributed by atoms with Gasteiger partial charge in [-0.1, -0.05) is 37.3 Å². The van der Waals surface area contributed by atoms with Crippen LogP contribution in [0.3, 0.4) is 0 Å². The summed E-state index contributed by atoms with van der Waals surface area (Å²) in [6.07, 6.45) is 6.90. The van der Waals surface area contributed by atoms with Gasteiger partial charge in [-0.05, 0) is 31.9 Å². The standard InChI is InChI=1S/C16H22FNO/c1-12-9-10-15(17)14(11-12)16(19)18(2)13-7-5-3-4-6-8-13/h9-11,13H,3-8H2,1-2H3. The van der Waals surface area contributed by atoms with Gasteiger partial charge in [0.15, 0.2) is 0 Å². The van der Waals surface area contributed by atoms with Crippen molar-refractivity contribution in [3.63, 3.8) is 0 Å². The molecule has 2 rings (SSSR count). The minimum atomic E-state index is -0.420. The van der Waals surface area contributed by atoms with E-state index in [1.54, 1.807) is 24.1 Å². The van der Waals surface area contributed by atoms with Crippen LogP contribution in [0.4, 0.5) is 4.39 Å². The van der Waals surface area contributed by atoms with Gasteiger partial charge in [0, 0.05) is 13.1 Å². The third-order valence-corrected chi connectivity index (χ3v) is 4.05. The molecule has 0 unspecified atom stereocenters. The molecule has 0 bridgehead atoms. The van der Waals surface area contributed by atoms with E-state index in [2.05, 4.69) is 0 Å². The topological polar surface area (TPSA) is 20.3 Å². The molecule has 1 saturated carbocycles. The van der Waals surface area contributed by atoms with Crippen LogP contribution in [0.15, 0.2) is 18.2 Å². The second-order valence-electron chi connectivity index (χ2n) is 5.54. The molecular weight excluding hydrogens is 241 g/mol. The molecule has 0 atom stereocenters. The summed E-state index contributed by atoms with van der Waals surface area (Å²) in [4.78, 5) is 14.2. The summed E-state index contributed by atoms with van der Waals surface area (Å²) in [7, 11) is 1.81. The Labute approximate surface area is 114 Å². The Bertz CT molecular complexity index is 450. The fraction of sp³-hybridized carbons (Fsp3) is 0.562. The lowest BCUT2D eigenvalue weighted by molar-refractivity contribution is 0.0713. The molecule has 0 aromatic heterocycles. The molecule has 1 fully saturated rings. The van der Waals surface area contributed by atoms with Gasteiger partial charge in [-0.2, -0.15) is 0 Å². The van der Waals surface area contributed by atoms with Gasteiger partial charge in [0.25, 0.3) is 5.91 Å². The van der Waals surface area contributed by atoms with E-state index in [0.717, 1.165) is 18.4 Å². The van der Waals surface area contributed by atoms with Crippen molar-refractivity contribution >= 4 is 5.91 Å². The highest BCUT2D eigenvalue weighted by molar-refractivity contribution is 5.94. The first-order valence-corrected chi connectivity index (χ1v) is 7.13. The number of benzene rings is 1. The molecule has 1 aromatic carbocycles. The fourth-order valence-electron chi connectivity index (χ4n) is 2.80. The predicted molar refractivity (Wildman–Crippen MR) is 74.7 cm³/mol. The monoisotopic (exact) mass is 263 g/mol. The molecule has 3 heteroatoms. The summed E-state index contributed by atoms with van der Waals surface area (Å²) in [5, 5.41) is 0. The van der Waals surface area contributed by atoms with E-state index in [9.17, 15) is 9.18 Å². The first-order valence-electron chi connectivity index (χ1n) is 7.13. The number of nitrogens with zero attached hydrogens (tertiary/aromatic N) is 1. The van der Waals surface area contributed by atoms with Crippen molar-refractivity contribution in [2.45, 2.75) is 51.5 Å². The predicted octanol–water partition coefficient (Wildman–Crippen LogP) is 3.93. The van der Waals surface area contributed by atoms with Gasteiger partial charge in [-0.15, -0.1) is 0 Å². The number of rotatable bonds is 2. The van der Waals surface area contributed by atoms with Crippen LogP contribution in [-0.2, 0) is 0 Å². The molecule has 2 nitrogen and oxygen atoms in total. The number of hydrogen-bond acceptors (Lipinski definition) is 1. The summed E-state index contributed by atoms with van der Waals surface area (Å²) in [5.74, 6) is -0.607. The van der Waals surface area contributed by atoms with Crippen LogP contribution in [0.5, 0.6) is 0 Å². The molecule has 19 heavy (non-hydrogen) atoms. The maximum Gasteiger partial charge on any atom is 0.256 e. The zero-order valence-electron chi connectivity index (χ0n) is 11.8. The Morgan fingerprint density at radius 1 is 1.21 bits per heavy atom. The van der Waals surface area contributed by atoms with Crippen LogP contribution in [0.1, 0.15) is 54.4 Å². The number of carbonyl (C=O) groups excluding carboxylic acids is 1. The zero-order chi connectivity index (χ0) is 13.8. The van der Waals surface area contributed by atoms with E-state index in [-0.39, 0.29) is 17.5 Å². The highest BCUT2D eigenvalue weighted by Crippen LogP contribution is 2.23. The average molecular weight is 263 g/mol. The number of hydrogen-bond donors (Lipinski definition) is 0. The lowest BCUT2D eigenvalue weighted by atomic mass is 10.1. The van der Waals surface area contributed by atoms with Gasteiger partial charge in [0.2, 0.25) is 0 Å². The van der Waals surface area contributed by atoms with E-state index in [1.807, 2.05) is 6.92 Å². The van der Waals surface area contributed by atoms with E-state index in [1.165, 1.54) is 31.7 Å². The van der Waals surface area contributed by atoms with Crippen molar-refractivity contribution in [1.82, 2.24) is 4.90 Å². The van der Waals surface area contributed by atoms with Gasteiger partial charge in [0.1, 0.15) is 5.82 Å². The molecule has 1 amide bonds. The van der Waals surface area contributed by atoms with Gasteiger partial charge in [-0.25, -0.2) is 4.39 Å². The number of carbonyl (C=O) groups is 1. The number of halogens is 1. The van der Waals surface area contributed by atoms with Crippen LogP contribution < -0.4 is 0 Å². The lowest BCUT2D eigenvalue weighted by Crippen LogP contribution is -2.37. The van der Waals surface area contributed by atoms with Gasteiger partial charge >= 0.3 is 0 Å². The molecule has 0 N–H and O–H groups in total. The van der Waals surface area contributed by atoms with Crippen molar-refractivity contribution in [2.75, 3.05) is 7.05 Å². The molecule has 0 aliphatic heterocycles. The first kappa shape index (κ1) is 14.0. The van der Waals surface area contributed by atoms with E-state index in [0.29, 0.717) is 0 Å². The highest BCUT2D eigenvalue weighted by Gasteiger charge is 2.24. The van der Waals surface area contributed by atoms with Crippen LogP contribution in [0.2, 0.25) is 0 Å². The maximum atomic E-state index is 13.8. The Balaban J connectivity index is 2.15. The van der Waals surface area contributed by atoms with Crippen LogP contribution in [0, 0.1) is 12.7 Å². The number of aryl methyl sites for hydroxylation is 1. The lowest BCUT2D eigenvalue weighted by Gasteiger charge is -2.27. The minimum Gasteiger partial charge on any atom is -0.339 e. The smallest absolute Gasteiger partial charge is 0.256 e. The van der Waals surface area contributed by atoms with Crippen LogP contribution in [-0.4, -0.2) is 23.9 Å². The van der Waals surface area contributed by atoms with Crippen molar-refractivity contribution in [3.8, 4) is 0 Å². The van der Waals surface area contributed by atoms with E-state index >= 15 is 0 Å². The van der Waals surface area contributed by atoms with Gasteiger partial charge in [-0.3, -0.25) is 4.79 Å². The molecule has 1 aliphatic carbocycles. The number of amides is 1. The van der Waals surface area contributed by atoms with Crippen LogP contribution >= 0.6 is 0 Å². The van der Waals surface area contributed by atoms with Gasteiger partial charge < -0.3 is 4.90 Å².